The van der Waals surface area contributed by atoms with Crippen LogP contribution in [0, 0.1) is 6.92 Å². The lowest BCUT2D eigenvalue weighted by molar-refractivity contribution is 0.0526. The molecule has 2 N–H and O–H groups in total. The van der Waals surface area contributed by atoms with E-state index < -0.39 is 11.9 Å². The minimum Gasteiger partial charge on any atom is -0.461 e. The molecule has 0 aliphatic heterocycles. The van der Waals surface area contributed by atoms with Gasteiger partial charge < -0.3 is 15.0 Å². The highest BCUT2D eigenvalue weighted by atomic mass is 32.1. The first kappa shape index (κ1) is 18.8. The number of carbonyl (C=O) groups is 2. The number of primary amides is 1. The number of carbonyl (C=O) groups excluding carboxylic acids is 2. The maximum absolute atomic E-state index is 11.9. The molecule has 0 atom stereocenters. The number of nitrogens with zero attached hydrogens (tertiary/aromatic N) is 2. The van der Waals surface area contributed by atoms with Crippen LogP contribution in [0.5, 0.6) is 0 Å². The van der Waals surface area contributed by atoms with Crippen LogP contribution in [0.1, 0.15) is 38.3 Å². The first-order chi connectivity index (χ1) is 13.0. The second-order valence-corrected chi connectivity index (χ2v) is 6.90. The van der Waals surface area contributed by atoms with Gasteiger partial charge in [-0.1, -0.05) is 30.3 Å². The maximum Gasteiger partial charge on any atom is 0.367 e. The van der Waals surface area contributed by atoms with E-state index in [4.69, 9.17) is 10.5 Å². The fourth-order valence-electron chi connectivity index (χ4n) is 2.96. The van der Waals surface area contributed by atoms with Crippen LogP contribution in [0.25, 0.3) is 11.4 Å². The molecule has 0 saturated heterocycles. The smallest absolute Gasteiger partial charge is 0.367 e. The molecular formula is C20H21N3O3S. The van der Waals surface area contributed by atoms with Crippen molar-refractivity contribution in [3.05, 3.63) is 63.6 Å². The molecule has 0 radical (unpaired) electrons. The summed E-state index contributed by atoms with van der Waals surface area (Å²) >= 11 is 1.22. The quantitative estimate of drug-likeness (QED) is 0.633. The van der Waals surface area contributed by atoms with Gasteiger partial charge in [0, 0.05) is 17.6 Å². The van der Waals surface area contributed by atoms with Crippen LogP contribution in [0.3, 0.4) is 0 Å². The summed E-state index contributed by atoms with van der Waals surface area (Å²) in [6, 6.07) is 11.9. The Balaban J connectivity index is 1.95. The second-order valence-electron chi connectivity index (χ2n) is 6.04. The van der Waals surface area contributed by atoms with Crippen LogP contribution in [0.15, 0.2) is 41.8 Å². The van der Waals surface area contributed by atoms with Gasteiger partial charge in [-0.2, -0.15) is 0 Å². The minimum atomic E-state index is -0.479. The number of benzene rings is 1. The van der Waals surface area contributed by atoms with Crippen molar-refractivity contribution in [2.24, 2.45) is 5.73 Å². The summed E-state index contributed by atoms with van der Waals surface area (Å²) in [6.45, 7) is 4.59. The number of ether oxygens (including phenoxy) is 1. The number of thiazole rings is 1. The van der Waals surface area contributed by atoms with Crippen molar-refractivity contribution in [3.8, 4) is 11.4 Å². The van der Waals surface area contributed by atoms with Crippen LogP contribution >= 0.6 is 11.3 Å². The second kappa shape index (κ2) is 8.18. The number of hydrogen-bond acceptors (Lipinski definition) is 5. The third-order valence-electron chi connectivity index (χ3n) is 4.32. The molecule has 0 unspecified atom stereocenters. The van der Waals surface area contributed by atoms with E-state index in [2.05, 4.69) is 17.1 Å². The van der Waals surface area contributed by atoms with E-state index in [1.807, 2.05) is 29.7 Å². The molecule has 0 fully saturated rings. The molecule has 0 aliphatic rings. The molecule has 3 rings (SSSR count). The van der Waals surface area contributed by atoms with E-state index in [1.165, 1.54) is 16.9 Å². The normalized spacial score (nSPS) is 10.7. The number of nitrogens with two attached hydrogens (primary N) is 1. The topological polar surface area (TPSA) is 87.2 Å². The fraction of sp³-hybridized carbons (Fsp3) is 0.250. The summed E-state index contributed by atoms with van der Waals surface area (Å²) in [5.74, 6) is -0.920. The van der Waals surface area contributed by atoms with Crippen LogP contribution in [0.4, 0.5) is 0 Å². The van der Waals surface area contributed by atoms with E-state index in [-0.39, 0.29) is 0 Å². The summed E-state index contributed by atoms with van der Waals surface area (Å²) in [6.07, 6.45) is 0.802. The van der Waals surface area contributed by atoms with E-state index >= 15 is 0 Å². The van der Waals surface area contributed by atoms with Crippen molar-refractivity contribution >= 4 is 23.2 Å². The van der Waals surface area contributed by atoms with Gasteiger partial charge in [-0.05, 0) is 31.9 Å². The average molecular weight is 383 g/mol. The highest BCUT2D eigenvalue weighted by Gasteiger charge is 2.20. The predicted molar refractivity (Wildman–Crippen MR) is 105 cm³/mol. The molecule has 0 spiro atoms. The Bertz CT molecular complexity index is 960. The van der Waals surface area contributed by atoms with Gasteiger partial charge in [-0.15, -0.1) is 11.3 Å². The van der Waals surface area contributed by atoms with Gasteiger partial charge in [0.05, 0.1) is 23.6 Å². The molecule has 27 heavy (non-hydrogen) atoms. The summed E-state index contributed by atoms with van der Waals surface area (Å²) in [5, 5.41) is 2.09. The predicted octanol–water partition coefficient (Wildman–Crippen LogP) is 3.44. The van der Waals surface area contributed by atoms with Gasteiger partial charge in [-0.3, -0.25) is 4.79 Å². The standard InChI is InChI=1S/C20H21N3O3S/c1-3-26-20(25)19-22-16(12-27-19)17-11-15(18(21)24)13(2)23(17)10-9-14-7-5-4-6-8-14/h4-8,11-12H,3,9-10H2,1-2H3,(H2,21,24). The van der Waals surface area contributed by atoms with Crippen LogP contribution < -0.4 is 5.73 Å². The fourth-order valence-corrected chi connectivity index (χ4v) is 3.66. The number of aryl methyl sites for hydroxylation is 1. The van der Waals surface area contributed by atoms with Gasteiger partial charge in [0.25, 0.3) is 5.91 Å². The monoisotopic (exact) mass is 383 g/mol. The van der Waals surface area contributed by atoms with E-state index in [0.717, 1.165) is 17.8 Å². The maximum atomic E-state index is 11.9. The minimum absolute atomic E-state index is 0.293. The molecule has 0 bridgehead atoms. The summed E-state index contributed by atoms with van der Waals surface area (Å²) in [7, 11) is 0. The Hall–Kier alpha value is -2.93. The molecule has 2 heterocycles. The van der Waals surface area contributed by atoms with Gasteiger partial charge in [0.15, 0.2) is 0 Å². The molecule has 3 aromatic rings. The van der Waals surface area contributed by atoms with Gasteiger partial charge in [0.2, 0.25) is 5.01 Å². The molecule has 1 amide bonds. The molecule has 1 aromatic carbocycles. The van der Waals surface area contributed by atoms with Crippen molar-refractivity contribution in [2.75, 3.05) is 6.61 Å². The molecule has 0 saturated carbocycles. The average Bonchev–Trinajstić information content (AvgIpc) is 3.26. The number of esters is 1. The van der Waals surface area contributed by atoms with Crippen LogP contribution in [0.2, 0.25) is 0 Å². The zero-order valence-electron chi connectivity index (χ0n) is 15.3. The first-order valence-corrected chi connectivity index (χ1v) is 9.56. The lowest BCUT2D eigenvalue weighted by Crippen LogP contribution is -2.13. The van der Waals surface area contributed by atoms with Crippen molar-refractivity contribution in [1.29, 1.82) is 0 Å². The SMILES string of the molecule is CCOC(=O)c1nc(-c2cc(C(N)=O)c(C)n2CCc2ccccc2)cs1. The van der Waals surface area contributed by atoms with Crippen LogP contribution in [-0.4, -0.2) is 28.0 Å². The van der Waals surface area contributed by atoms with Crippen molar-refractivity contribution in [2.45, 2.75) is 26.8 Å². The molecule has 6 nitrogen and oxygen atoms in total. The van der Waals surface area contributed by atoms with Gasteiger partial charge >= 0.3 is 5.97 Å². The Kier molecular flexibility index (Phi) is 5.71. The summed E-state index contributed by atoms with van der Waals surface area (Å²) in [5.41, 5.74) is 9.38. The third-order valence-corrected chi connectivity index (χ3v) is 5.14. The lowest BCUT2D eigenvalue weighted by Gasteiger charge is -2.11. The Labute approximate surface area is 161 Å². The summed E-state index contributed by atoms with van der Waals surface area (Å²) < 4.78 is 7.03. The summed E-state index contributed by atoms with van der Waals surface area (Å²) in [4.78, 5) is 28.1. The van der Waals surface area contributed by atoms with E-state index in [1.54, 1.807) is 18.4 Å². The van der Waals surface area contributed by atoms with E-state index in [9.17, 15) is 9.59 Å². The highest BCUT2D eigenvalue weighted by Crippen LogP contribution is 2.28. The Morgan fingerprint density at radius 1 is 1.26 bits per heavy atom. The van der Waals surface area contributed by atoms with E-state index in [0.29, 0.717) is 29.4 Å². The van der Waals surface area contributed by atoms with Crippen molar-refractivity contribution in [3.63, 3.8) is 0 Å². The lowest BCUT2D eigenvalue weighted by atomic mass is 10.1. The number of amides is 1. The van der Waals surface area contributed by atoms with Crippen LogP contribution in [-0.2, 0) is 17.7 Å². The molecule has 7 heteroatoms. The highest BCUT2D eigenvalue weighted by molar-refractivity contribution is 7.11. The number of aromatic nitrogens is 2. The zero-order chi connectivity index (χ0) is 19.4. The Morgan fingerprint density at radius 3 is 2.67 bits per heavy atom. The van der Waals surface area contributed by atoms with Gasteiger partial charge in [0.1, 0.15) is 0 Å². The number of rotatable bonds is 7. The third kappa shape index (κ3) is 4.09. The molecular weight excluding hydrogens is 362 g/mol. The zero-order valence-corrected chi connectivity index (χ0v) is 16.1. The van der Waals surface area contributed by atoms with Crippen molar-refractivity contribution < 1.29 is 14.3 Å². The number of hydrogen-bond donors (Lipinski definition) is 1. The first-order valence-electron chi connectivity index (χ1n) is 8.68. The molecule has 0 aliphatic carbocycles. The largest absolute Gasteiger partial charge is 0.461 e. The molecule has 140 valence electrons. The van der Waals surface area contributed by atoms with Crippen molar-refractivity contribution in [1.82, 2.24) is 9.55 Å². The molecule has 2 aromatic heterocycles. The Morgan fingerprint density at radius 2 is 2.00 bits per heavy atom. The van der Waals surface area contributed by atoms with Gasteiger partial charge in [-0.25, -0.2) is 9.78 Å².